The Morgan fingerprint density at radius 2 is 1.96 bits per heavy atom. The number of amides is 1. The van der Waals surface area contributed by atoms with E-state index in [9.17, 15) is 4.79 Å². The fourth-order valence-corrected chi connectivity index (χ4v) is 4.03. The first kappa shape index (κ1) is 16.6. The zero-order valence-electron chi connectivity index (χ0n) is 14.1. The summed E-state index contributed by atoms with van der Waals surface area (Å²) < 4.78 is 8.45. The normalized spacial score (nSPS) is 12.0. The number of benzene rings is 2. The minimum absolute atomic E-state index is 0.220. The van der Waals surface area contributed by atoms with Gasteiger partial charge in [-0.15, -0.1) is 0 Å². The summed E-state index contributed by atoms with van der Waals surface area (Å²) in [5, 5.41) is 0. The van der Waals surface area contributed by atoms with Crippen molar-refractivity contribution in [3.8, 4) is 0 Å². The minimum atomic E-state index is -0.220. The van der Waals surface area contributed by atoms with Crippen LogP contribution in [0.1, 0.15) is 21.5 Å². The Kier molecular flexibility index (Phi) is 4.92. The molecule has 3 aromatic rings. The van der Waals surface area contributed by atoms with E-state index in [-0.39, 0.29) is 5.91 Å². The fourth-order valence-electron chi connectivity index (χ4n) is 2.80. The van der Waals surface area contributed by atoms with Crippen molar-refractivity contribution in [2.45, 2.75) is 20.4 Å². The maximum absolute atomic E-state index is 12.5. The van der Waals surface area contributed by atoms with Crippen LogP contribution in [-0.4, -0.2) is 24.2 Å². The summed E-state index contributed by atoms with van der Waals surface area (Å²) in [4.78, 5) is 17.6. The highest BCUT2D eigenvalue weighted by Crippen LogP contribution is 2.23. The van der Waals surface area contributed by atoms with Gasteiger partial charge in [0.05, 0.1) is 16.8 Å². The van der Waals surface area contributed by atoms with Crippen LogP contribution in [0.5, 0.6) is 0 Å². The van der Waals surface area contributed by atoms with Crippen LogP contribution < -0.4 is 4.80 Å². The summed E-state index contributed by atoms with van der Waals surface area (Å²) in [5.41, 5.74) is 4.12. The third kappa shape index (κ3) is 3.32. The number of ether oxygens (including phenoxy) is 1. The van der Waals surface area contributed by atoms with E-state index in [4.69, 9.17) is 4.74 Å². The first-order valence-electron chi connectivity index (χ1n) is 7.84. The van der Waals surface area contributed by atoms with Crippen LogP contribution in [0.3, 0.4) is 0 Å². The molecule has 0 saturated heterocycles. The second-order valence-electron chi connectivity index (χ2n) is 5.74. The molecule has 3 rings (SSSR count). The Morgan fingerprint density at radius 3 is 2.67 bits per heavy atom. The number of nitrogens with zero attached hydrogens (tertiary/aromatic N) is 2. The Labute approximate surface area is 145 Å². The number of hydrogen-bond donors (Lipinski definition) is 0. The summed E-state index contributed by atoms with van der Waals surface area (Å²) in [6, 6.07) is 13.5. The standard InChI is InChI=1S/C19H20N2O2S/c1-13-11-14(2)17-16(12-13)24-19(21(17)9-10-23-3)20-18(22)15-7-5-4-6-8-15/h4-8,11-12H,9-10H2,1-3H3. The molecule has 24 heavy (non-hydrogen) atoms. The summed E-state index contributed by atoms with van der Waals surface area (Å²) in [6.07, 6.45) is 0. The topological polar surface area (TPSA) is 43.6 Å². The number of carbonyl (C=O) groups excluding carboxylic acids is 1. The van der Waals surface area contributed by atoms with Crippen molar-refractivity contribution in [1.82, 2.24) is 4.57 Å². The molecular formula is C19H20N2O2S. The van der Waals surface area contributed by atoms with E-state index in [0.717, 1.165) is 10.2 Å². The lowest BCUT2D eigenvalue weighted by Crippen LogP contribution is -2.19. The molecule has 0 atom stereocenters. The minimum Gasteiger partial charge on any atom is -0.383 e. The van der Waals surface area contributed by atoms with Crippen molar-refractivity contribution in [2.75, 3.05) is 13.7 Å². The Balaban J connectivity index is 2.17. The summed E-state index contributed by atoms with van der Waals surface area (Å²) >= 11 is 1.55. The van der Waals surface area contributed by atoms with Crippen LogP contribution in [0.2, 0.25) is 0 Å². The molecule has 0 N–H and O–H groups in total. The maximum Gasteiger partial charge on any atom is 0.279 e. The number of hydrogen-bond acceptors (Lipinski definition) is 3. The van der Waals surface area contributed by atoms with Gasteiger partial charge in [-0.2, -0.15) is 4.99 Å². The van der Waals surface area contributed by atoms with E-state index in [1.165, 1.54) is 11.1 Å². The molecule has 5 heteroatoms. The van der Waals surface area contributed by atoms with Gasteiger partial charge in [0.25, 0.3) is 5.91 Å². The monoisotopic (exact) mass is 340 g/mol. The zero-order chi connectivity index (χ0) is 17.1. The molecule has 0 aliphatic heterocycles. The maximum atomic E-state index is 12.5. The Morgan fingerprint density at radius 1 is 1.21 bits per heavy atom. The van der Waals surface area contributed by atoms with E-state index in [2.05, 4.69) is 35.5 Å². The number of fused-ring (bicyclic) bond motifs is 1. The summed E-state index contributed by atoms with van der Waals surface area (Å²) in [7, 11) is 1.68. The van der Waals surface area contributed by atoms with Crippen molar-refractivity contribution in [2.24, 2.45) is 4.99 Å². The lowest BCUT2D eigenvalue weighted by atomic mass is 10.1. The Bertz CT molecular complexity index is 939. The summed E-state index contributed by atoms with van der Waals surface area (Å²) in [5.74, 6) is -0.220. The second-order valence-corrected chi connectivity index (χ2v) is 6.75. The average molecular weight is 340 g/mol. The fraction of sp³-hybridized carbons (Fsp3) is 0.263. The first-order valence-corrected chi connectivity index (χ1v) is 8.65. The molecule has 2 aromatic carbocycles. The van der Waals surface area contributed by atoms with Gasteiger partial charge in [0.15, 0.2) is 4.80 Å². The van der Waals surface area contributed by atoms with Gasteiger partial charge in [0, 0.05) is 19.2 Å². The predicted molar refractivity (Wildman–Crippen MR) is 97.5 cm³/mol. The average Bonchev–Trinajstić information content (AvgIpc) is 2.90. The van der Waals surface area contributed by atoms with Gasteiger partial charge in [0.2, 0.25) is 0 Å². The SMILES string of the molecule is COCCn1c(=NC(=O)c2ccccc2)sc2cc(C)cc(C)c21. The van der Waals surface area contributed by atoms with Gasteiger partial charge in [-0.25, -0.2) is 0 Å². The van der Waals surface area contributed by atoms with Crippen molar-refractivity contribution >= 4 is 27.5 Å². The highest BCUT2D eigenvalue weighted by molar-refractivity contribution is 7.16. The van der Waals surface area contributed by atoms with Crippen LogP contribution >= 0.6 is 11.3 Å². The largest absolute Gasteiger partial charge is 0.383 e. The lowest BCUT2D eigenvalue weighted by Gasteiger charge is -2.07. The van der Waals surface area contributed by atoms with Crippen molar-refractivity contribution in [1.29, 1.82) is 0 Å². The number of aromatic nitrogens is 1. The summed E-state index contributed by atoms with van der Waals surface area (Å²) in [6.45, 7) is 5.42. The quantitative estimate of drug-likeness (QED) is 0.727. The molecule has 0 radical (unpaired) electrons. The molecular weight excluding hydrogens is 320 g/mol. The molecule has 1 amide bonds. The van der Waals surface area contributed by atoms with Gasteiger partial charge in [0.1, 0.15) is 0 Å². The van der Waals surface area contributed by atoms with Gasteiger partial charge in [-0.3, -0.25) is 4.79 Å². The van der Waals surface area contributed by atoms with Gasteiger partial charge in [-0.1, -0.05) is 35.6 Å². The van der Waals surface area contributed by atoms with Crippen LogP contribution in [0.15, 0.2) is 47.5 Å². The van der Waals surface area contributed by atoms with Gasteiger partial charge in [-0.05, 0) is 43.2 Å². The molecule has 1 aromatic heterocycles. The molecule has 124 valence electrons. The number of aryl methyl sites for hydroxylation is 2. The Hall–Kier alpha value is -2.24. The number of thiazole rings is 1. The predicted octanol–water partition coefficient (Wildman–Crippen LogP) is 3.71. The van der Waals surface area contributed by atoms with E-state index in [0.29, 0.717) is 23.5 Å². The van der Waals surface area contributed by atoms with Crippen LogP contribution in [-0.2, 0) is 11.3 Å². The second kappa shape index (κ2) is 7.11. The molecule has 0 spiro atoms. The van der Waals surface area contributed by atoms with Crippen molar-refractivity contribution < 1.29 is 9.53 Å². The van der Waals surface area contributed by atoms with E-state index in [1.807, 2.05) is 18.2 Å². The molecule has 0 aliphatic carbocycles. The molecule has 0 fully saturated rings. The molecule has 0 bridgehead atoms. The van der Waals surface area contributed by atoms with E-state index >= 15 is 0 Å². The van der Waals surface area contributed by atoms with Crippen molar-refractivity contribution in [3.05, 3.63) is 64.0 Å². The number of carbonyl (C=O) groups is 1. The molecule has 0 saturated carbocycles. The van der Waals surface area contributed by atoms with Crippen LogP contribution in [0.25, 0.3) is 10.2 Å². The van der Waals surface area contributed by atoms with Gasteiger partial charge >= 0.3 is 0 Å². The van der Waals surface area contributed by atoms with Crippen LogP contribution in [0, 0.1) is 13.8 Å². The van der Waals surface area contributed by atoms with E-state index in [1.54, 1.807) is 30.6 Å². The smallest absolute Gasteiger partial charge is 0.279 e. The number of methoxy groups -OCH3 is 1. The molecule has 0 unspecified atom stereocenters. The third-order valence-electron chi connectivity index (χ3n) is 3.85. The lowest BCUT2D eigenvalue weighted by molar-refractivity contribution is 0.0997. The molecule has 0 aliphatic rings. The van der Waals surface area contributed by atoms with Crippen molar-refractivity contribution in [3.63, 3.8) is 0 Å². The van der Waals surface area contributed by atoms with Gasteiger partial charge < -0.3 is 9.30 Å². The molecule has 1 heterocycles. The zero-order valence-corrected chi connectivity index (χ0v) is 14.9. The first-order chi connectivity index (χ1) is 11.6. The number of rotatable bonds is 4. The molecule has 4 nitrogen and oxygen atoms in total. The highest BCUT2D eigenvalue weighted by Gasteiger charge is 2.11. The highest BCUT2D eigenvalue weighted by atomic mass is 32.1. The van der Waals surface area contributed by atoms with Crippen LogP contribution in [0.4, 0.5) is 0 Å². The van der Waals surface area contributed by atoms with E-state index < -0.39 is 0 Å². The third-order valence-corrected chi connectivity index (χ3v) is 4.87.